The first-order chi connectivity index (χ1) is 7.70. The molecule has 0 spiro atoms. The Morgan fingerprint density at radius 3 is 2.44 bits per heavy atom. The second-order valence-electron chi connectivity index (χ2n) is 3.61. The molecule has 0 heterocycles. The van der Waals surface area contributed by atoms with Gasteiger partial charge in [0.25, 0.3) is 0 Å². The lowest BCUT2D eigenvalue weighted by atomic mass is 9.97. The highest BCUT2D eigenvalue weighted by molar-refractivity contribution is 5.73. The van der Waals surface area contributed by atoms with Gasteiger partial charge in [-0.1, -0.05) is 30.3 Å². The lowest BCUT2D eigenvalue weighted by molar-refractivity contribution is -0.152. The van der Waals surface area contributed by atoms with Crippen molar-refractivity contribution in [3.05, 3.63) is 35.9 Å². The zero-order valence-corrected chi connectivity index (χ0v) is 9.97. The third-order valence-electron chi connectivity index (χ3n) is 2.49. The van der Waals surface area contributed by atoms with Gasteiger partial charge < -0.3 is 9.47 Å². The van der Waals surface area contributed by atoms with E-state index in [1.54, 1.807) is 14.0 Å². The number of carbonyl (C=O) groups is 1. The second kappa shape index (κ2) is 6.28. The number of esters is 1. The van der Waals surface area contributed by atoms with Crippen molar-refractivity contribution in [1.29, 1.82) is 0 Å². The number of benzene rings is 1. The van der Waals surface area contributed by atoms with Crippen LogP contribution in [-0.2, 0) is 14.3 Å². The van der Waals surface area contributed by atoms with Crippen LogP contribution in [0.3, 0.4) is 0 Å². The Hall–Kier alpha value is -1.35. The Labute approximate surface area is 96.4 Å². The predicted octanol–water partition coefficient (Wildman–Crippen LogP) is 2.57. The second-order valence-corrected chi connectivity index (χ2v) is 3.61. The smallest absolute Gasteiger partial charge is 0.311 e. The maximum absolute atomic E-state index is 11.6. The van der Waals surface area contributed by atoms with Gasteiger partial charge in [-0.2, -0.15) is 0 Å². The minimum absolute atomic E-state index is 0.224. The van der Waals surface area contributed by atoms with Gasteiger partial charge in [-0.15, -0.1) is 0 Å². The van der Waals surface area contributed by atoms with Crippen LogP contribution in [0, 0.1) is 5.92 Å². The van der Waals surface area contributed by atoms with Gasteiger partial charge in [0.05, 0.1) is 18.6 Å². The van der Waals surface area contributed by atoms with Gasteiger partial charge >= 0.3 is 5.97 Å². The summed E-state index contributed by atoms with van der Waals surface area (Å²) in [5.41, 5.74) is 0.991. The lowest BCUT2D eigenvalue weighted by Gasteiger charge is -2.21. The highest BCUT2D eigenvalue weighted by Gasteiger charge is 2.26. The lowest BCUT2D eigenvalue weighted by Crippen LogP contribution is -2.23. The zero-order chi connectivity index (χ0) is 12.0. The quantitative estimate of drug-likeness (QED) is 0.718. The van der Waals surface area contributed by atoms with Crippen molar-refractivity contribution in [2.75, 3.05) is 13.7 Å². The molecule has 16 heavy (non-hydrogen) atoms. The van der Waals surface area contributed by atoms with Crippen molar-refractivity contribution in [3.8, 4) is 0 Å². The van der Waals surface area contributed by atoms with Gasteiger partial charge in [0, 0.05) is 7.11 Å². The fourth-order valence-corrected chi connectivity index (χ4v) is 1.67. The number of carbonyl (C=O) groups excluding carboxylic acids is 1. The Bertz CT molecular complexity index is 321. The van der Waals surface area contributed by atoms with Crippen molar-refractivity contribution in [2.45, 2.75) is 20.0 Å². The van der Waals surface area contributed by atoms with E-state index in [1.807, 2.05) is 37.3 Å². The summed E-state index contributed by atoms with van der Waals surface area (Å²) >= 11 is 0. The van der Waals surface area contributed by atoms with Gasteiger partial charge in [-0.25, -0.2) is 0 Å². The summed E-state index contributed by atoms with van der Waals surface area (Å²) in [5.74, 6) is -0.523. The molecule has 1 rings (SSSR count). The number of hydrogen-bond acceptors (Lipinski definition) is 3. The van der Waals surface area contributed by atoms with Crippen LogP contribution in [-0.4, -0.2) is 19.7 Å². The van der Waals surface area contributed by atoms with Crippen molar-refractivity contribution in [1.82, 2.24) is 0 Å². The van der Waals surface area contributed by atoms with Crippen LogP contribution < -0.4 is 0 Å². The molecule has 0 aliphatic rings. The van der Waals surface area contributed by atoms with E-state index in [0.29, 0.717) is 6.61 Å². The Morgan fingerprint density at radius 1 is 1.31 bits per heavy atom. The molecular formula is C13H18O3. The number of ether oxygens (including phenoxy) is 2. The molecule has 0 saturated heterocycles. The topological polar surface area (TPSA) is 35.5 Å². The molecule has 0 fully saturated rings. The molecule has 0 radical (unpaired) electrons. The van der Waals surface area contributed by atoms with Gasteiger partial charge in [-0.05, 0) is 19.4 Å². The molecule has 0 aliphatic carbocycles. The molecule has 1 aromatic rings. The van der Waals surface area contributed by atoms with E-state index in [-0.39, 0.29) is 18.0 Å². The van der Waals surface area contributed by atoms with Crippen LogP contribution in [0.2, 0.25) is 0 Å². The summed E-state index contributed by atoms with van der Waals surface area (Å²) < 4.78 is 10.4. The maximum Gasteiger partial charge on any atom is 0.311 e. The molecule has 0 amide bonds. The van der Waals surface area contributed by atoms with E-state index in [0.717, 1.165) is 5.56 Å². The van der Waals surface area contributed by atoms with E-state index >= 15 is 0 Å². The van der Waals surface area contributed by atoms with E-state index < -0.39 is 0 Å². The molecule has 3 heteroatoms. The van der Waals surface area contributed by atoms with E-state index in [2.05, 4.69) is 0 Å². The molecule has 0 N–H and O–H groups in total. The van der Waals surface area contributed by atoms with Crippen LogP contribution in [0.15, 0.2) is 30.3 Å². The Balaban J connectivity index is 2.78. The first-order valence-electron chi connectivity index (χ1n) is 5.45. The van der Waals surface area contributed by atoms with Crippen LogP contribution in [0.5, 0.6) is 0 Å². The predicted molar refractivity (Wildman–Crippen MR) is 62.0 cm³/mol. The van der Waals surface area contributed by atoms with Crippen molar-refractivity contribution >= 4 is 5.97 Å². The van der Waals surface area contributed by atoms with E-state index in [4.69, 9.17) is 9.47 Å². The molecule has 0 aliphatic heterocycles. The SMILES string of the molecule is CCOC(=O)[C@H](C)[C@@H](OC)c1ccccc1. The van der Waals surface area contributed by atoms with E-state index in [1.165, 1.54) is 0 Å². The largest absolute Gasteiger partial charge is 0.466 e. The monoisotopic (exact) mass is 222 g/mol. The summed E-state index contributed by atoms with van der Waals surface area (Å²) in [6.45, 7) is 4.02. The summed E-state index contributed by atoms with van der Waals surface area (Å²) in [5, 5.41) is 0. The molecule has 2 atom stereocenters. The standard InChI is InChI=1S/C13H18O3/c1-4-16-13(14)10(2)12(15-3)11-8-6-5-7-9-11/h5-10,12H,4H2,1-3H3/t10-,12-/m1/s1. The first-order valence-corrected chi connectivity index (χ1v) is 5.45. The third kappa shape index (κ3) is 3.07. The van der Waals surface area contributed by atoms with Crippen LogP contribution in [0.1, 0.15) is 25.5 Å². The van der Waals surface area contributed by atoms with Gasteiger partial charge in [0.1, 0.15) is 0 Å². The Morgan fingerprint density at radius 2 is 1.94 bits per heavy atom. The average Bonchev–Trinajstić information content (AvgIpc) is 2.31. The molecule has 0 saturated carbocycles. The fraction of sp³-hybridized carbons (Fsp3) is 0.462. The summed E-state index contributed by atoms with van der Waals surface area (Å²) in [4.78, 5) is 11.6. The minimum Gasteiger partial charge on any atom is -0.466 e. The highest BCUT2D eigenvalue weighted by atomic mass is 16.5. The van der Waals surface area contributed by atoms with Crippen molar-refractivity contribution < 1.29 is 14.3 Å². The number of hydrogen-bond donors (Lipinski definition) is 0. The fourth-order valence-electron chi connectivity index (χ4n) is 1.67. The molecule has 0 aromatic heterocycles. The molecule has 0 bridgehead atoms. The van der Waals surface area contributed by atoms with Crippen LogP contribution >= 0.6 is 0 Å². The number of methoxy groups -OCH3 is 1. The van der Waals surface area contributed by atoms with Gasteiger partial charge in [0.15, 0.2) is 0 Å². The maximum atomic E-state index is 11.6. The van der Waals surface area contributed by atoms with Crippen molar-refractivity contribution in [2.24, 2.45) is 5.92 Å². The Kier molecular flexibility index (Phi) is 4.99. The van der Waals surface area contributed by atoms with Crippen molar-refractivity contribution in [3.63, 3.8) is 0 Å². The summed E-state index contributed by atoms with van der Waals surface area (Å²) in [6, 6.07) is 9.69. The highest BCUT2D eigenvalue weighted by Crippen LogP contribution is 2.25. The zero-order valence-electron chi connectivity index (χ0n) is 9.97. The summed E-state index contributed by atoms with van der Waals surface area (Å²) in [6.07, 6.45) is -0.250. The summed E-state index contributed by atoms with van der Waals surface area (Å²) in [7, 11) is 1.60. The van der Waals surface area contributed by atoms with E-state index in [9.17, 15) is 4.79 Å². The van der Waals surface area contributed by atoms with Crippen LogP contribution in [0.25, 0.3) is 0 Å². The number of rotatable bonds is 5. The third-order valence-corrected chi connectivity index (χ3v) is 2.49. The molecular weight excluding hydrogens is 204 g/mol. The first kappa shape index (κ1) is 12.7. The molecule has 88 valence electrons. The molecule has 0 unspecified atom stereocenters. The minimum atomic E-state index is -0.299. The van der Waals surface area contributed by atoms with Gasteiger partial charge in [0.2, 0.25) is 0 Å². The van der Waals surface area contributed by atoms with Gasteiger partial charge in [-0.3, -0.25) is 4.79 Å². The van der Waals surface area contributed by atoms with Crippen LogP contribution in [0.4, 0.5) is 0 Å². The average molecular weight is 222 g/mol. The molecule has 3 nitrogen and oxygen atoms in total. The normalized spacial score (nSPS) is 14.2. The molecule has 1 aromatic carbocycles.